The number of aromatic nitrogens is 4. The van der Waals surface area contributed by atoms with Gasteiger partial charge in [-0.1, -0.05) is 0 Å². The Balaban J connectivity index is 1.41. The van der Waals surface area contributed by atoms with Gasteiger partial charge in [-0.2, -0.15) is 0 Å². The molecule has 2 aromatic rings. The van der Waals surface area contributed by atoms with Crippen molar-refractivity contribution in [2.75, 3.05) is 31.6 Å². The predicted molar refractivity (Wildman–Crippen MR) is 82.0 cm³/mol. The van der Waals surface area contributed by atoms with E-state index in [0.717, 1.165) is 37.3 Å². The number of sulfonamides is 1. The van der Waals surface area contributed by atoms with E-state index in [4.69, 9.17) is 0 Å². The molecule has 0 amide bonds. The number of hydrogen-bond acceptors (Lipinski definition) is 6. The second-order valence-corrected chi connectivity index (χ2v) is 8.41. The molecule has 118 valence electrons. The maximum atomic E-state index is 12.1. The normalized spacial score (nSPS) is 19.8. The van der Waals surface area contributed by atoms with Crippen molar-refractivity contribution in [2.45, 2.75) is 18.1 Å². The van der Waals surface area contributed by atoms with E-state index in [1.807, 2.05) is 0 Å². The van der Waals surface area contributed by atoms with Gasteiger partial charge in [0.15, 0.2) is 11.5 Å². The van der Waals surface area contributed by atoms with Gasteiger partial charge in [-0.15, -0.1) is 0 Å². The second kappa shape index (κ2) is 4.88. The highest BCUT2D eigenvalue weighted by Crippen LogP contribution is 2.32. The van der Waals surface area contributed by atoms with Gasteiger partial charge in [0.2, 0.25) is 10.0 Å². The maximum absolute atomic E-state index is 12.1. The molecule has 2 aromatic heterocycles. The first-order valence-corrected chi connectivity index (χ1v) is 8.90. The summed E-state index contributed by atoms with van der Waals surface area (Å²) >= 11 is 0. The smallest absolute Gasteiger partial charge is 0.216 e. The highest BCUT2D eigenvalue weighted by atomic mass is 32.2. The molecule has 4 rings (SSSR count). The quantitative estimate of drug-likeness (QED) is 0.846. The number of nitrogens with zero attached hydrogens (tertiary/aromatic N) is 5. The molecule has 0 aromatic carbocycles. The average Bonchev–Trinajstić information content (AvgIpc) is 3.20. The van der Waals surface area contributed by atoms with Crippen molar-refractivity contribution in [3.8, 4) is 0 Å². The van der Waals surface area contributed by atoms with Crippen LogP contribution in [0.1, 0.15) is 12.8 Å². The molecule has 0 spiro atoms. The van der Waals surface area contributed by atoms with Crippen molar-refractivity contribution in [3.63, 3.8) is 0 Å². The summed E-state index contributed by atoms with van der Waals surface area (Å²) in [4.78, 5) is 17.7. The molecular formula is C13H18N6O2S. The summed E-state index contributed by atoms with van der Waals surface area (Å²) in [7, 11) is -1.38. The van der Waals surface area contributed by atoms with Crippen LogP contribution in [0.2, 0.25) is 0 Å². The summed E-state index contributed by atoms with van der Waals surface area (Å²) < 4.78 is 25.8. The van der Waals surface area contributed by atoms with E-state index < -0.39 is 10.0 Å². The average molecular weight is 322 g/mol. The van der Waals surface area contributed by atoms with Gasteiger partial charge >= 0.3 is 0 Å². The molecule has 22 heavy (non-hydrogen) atoms. The maximum Gasteiger partial charge on any atom is 0.216 e. The Labute approximate surface area is 128 Å². The summed E-state index contributed by atoms with van der Waals surface area (Å²) in [6.45, 7) is 2.18. The van der Waals surface area contributed by atoms with Gasteiger partial charge < -0.3 is 9.88 Å². The van der Waals surface area contributed by atoms with Gasteiger partial charge in [-0.25, -0.2) is 27.7 Å². The van der Waals surface area contributed by atoms with E-state index >= 15 is 0 Å². The molecule has 0 atom stereocenters. The molecular weight excluding hydrogens is 304 g/mol. The molecule has 1 saturated carbocycles. The largest absolute Gasteiger partial charge is 0.354 e. The molecule has 0 bridgehead atoms. The molecule has 0 radical (unpaired) electrons. The summed E-state index contributed by atoms with van der Waals surface area (Å²) in [6, 6.07) is 0. The van der Waals surface area contributed by atoms with Crippen molar-refractivity contribution >= 4 is 27.0 Å². The Hall–Kier alpha value is -1.74. The molecule has 1 saturated heterocycles. The van der Waals surface area contributed by atoms with E-state index in [1.165, 1.54) is 10.6 Å². The van der Waals surface area contributed by atoms with Gasteiger partial charge in [0, 0.05) is 32.6 Å². The van der Waals surface area contributed by atoms with Crippen LogP contribution < -0.4 is 4.90 Å². The van der Waals surface area contributed by atoms with E-state index in [9.17, 15) is 8.42 Å². The van der Waals surface area contributed by atoms with Crippen LogP contribution in [0.25, 0.3) is 11.2 Å². The van der Waals surface area contributed by atoms with Crippen LogP contribution >= 0.6 is 0 Å². The Morgan fingerprint density at radius 3 is 2.82 bits per heavy atom. The lowest BCUT2D eigenvalue weighted by Crippen LogP contribution is -2.52. The third-order valence-electron chi connectivity index (χ3n) is 4.36. The summed E-state index contributed by atoms with van der Waals surface area (Å²) in [5.74, 6) is 1.18. The van der Waals surface area contributed by atoms with Crippen LogP contribution in [-0.2, 0) is 10.0 Å². The molecule has 8 nitrogen and oxygen atoms in total. The number of rotatable bonds is 5. The van der Waals surface area contributed by atoms with Crippen molar-refractivity contribution in [3.05, 3.63) is 12.7 Å². The molecule has 1 aliphatic heterocycles. The number of H-pyrrole nitrogens is 1. The van der Waals surface area contributed by atoms with Crippen LogP contribution in [0, 0.1) is 5.92 Å². The lowest BCUT2D eigenvalue weighted by molar-refractivity contribution is 0.326. The van der Waals surface area contributed by atoms with Crippen molar-refractivity contribution in [2.24, 2.45) is 5.92 Å². The highest BCUT2D eigenvalue weighted by molar-refractivity contribution is 7.90. The monoisotopic (exact) mass is 322 g/mol. The fraction of sp³-hybridized carbons (Fsp3) is 0.615. The minimum absolute atomic E-state index is 0.139. The van der Waals surface area contributed by atoms with Crippen LogP contribution in [0.4, 0.5) is 5.82 Å². The number of imidazole rings is 1. The van der Waals surface area contributed by atoms with Crippen LogP contribution in [0.3, 0.4) is 0 Å². The number of fused-ring (bicyclic) bond motifs is 1. The zero-order valence-corrected chi connectivity index (χ0v) is 13.1. The number of nitrogens with one attached hydrogen (secondary N) is 1. The summed E-state index contributed by atoms with van der Waals surface area (Å²) in [6.07, 6.45) is 4.73. The standard InChI is InChI=1S/C13H18N6O2S/c1-18(22(20,21)10-2-3-10)4-9-5-19(6-9)13-11-12(15-7-14-11)16-8-17-13/h7-10H,2-6H2,1H3,(H,14,15,16,17). The second-order valence-electron chi connectivity index (χ2n) is 6.09. The molecule has 1 N–H and O–H groups in total. The molecule has 2 aliphatic rings. The van der Waals surface area contributed by atoms with E-state index in [-0.39, 0.29) is 5.25 Å². The Kier molecular flexibility index (Phi) is 3.08. The van der Waals surface area contributed by atoms with E-state index in [1.54, 1.807) is 13.4 Å². The van der Waals surface area contributed by atoms with Crippen molar-refractivity contribution < 1.29 is 8.42 Å². The first-order chi connectivity index (χ1) is 10.6. The SMILES string of the molecule is CN(CC1CN(c2ncnc3nc[nH]c23)C1)S(=O)(=O)C1CC1. The first kappa shape index (κ1) is 13.9. The topological polar surface area (TPSA) is 95.1 Å². The first-order valence-electron chi connectivity index (χ1n) is 7.40. The number of hydrogen-bond donors (Lipinski definition) is 1. The lowest BCUT2D eigenvalue weighted by atomic mass is 10.0. The van der Waals surface area contributed by atoms with Gasteiger partial charge in [-0.3, -0.25) is 0 Å². The van der Waals surface area contributed by atoms with Crippen LogP contribution in [0.5, 0.6) is 0 Å². The fourth-order valence-corrected chi connectivity index (χ4v) is 4.60. The van der Waals surface area contributed by atoms with Gasteiger partial charge in [0.1, 0.15) is 11.8 Å². The zero-order valence-electron chi connectivity index (χ0n) is 12.3. The number of aromatic amines is 1. The van der Waals surface area contributed by atoms with Crippen molar-refractivity contribution in [1.82, 2.24) is 24.2 Å². The molecule has 1 aliphatic carbocycles. The summed E-state index contributed by atoms with van der Waals surface area (Å²) in [5, 5.41) is -0.139. The summed E-state index contributed by atoms with van der Waals surface area (Å²) in [5.41, 5.74) is 1.49. The Morgan fingerprint density at radius 1 is 1.32 bits per heavy atom. The Bertz CT molecular complexity index is 794. The molecule has 0 unspecified atom stereocenters. The lowest BCUT2D eigenvalue weighted by Gasteiger charge is -2.41. The van der Waals surface area contributed by atoms with Gasteiger partial charge in [0.05, 0.1) is 11.6 Å². The minimum Gasteiger partial charge on any atom is -0.354 e. The van der Waals surface area contributed by atoms with Crippen molar-refractivity contribution in [1.29, 1.82) is 0 Å². The van der Waals surface area contributed by atoms with Gasteiger partial charge in [-0.05, 0) is 12.8 Å². The van der Waals surface area contributed by atoms with Gasteiger partial charge in [0.25, 0.3) is 0 Å². The van der Waals surface area contributed by atoms with E-state index in [2.05, 4.69) is 24.8 Å². The molecule has 3 heterocycles. The van der Waals surface area contributed by atoms with Crippen LogP contribution in [0.15, 0.2) is 12.7 Å². The number of anilines is 1. The zero-order chi connectivity index (χ0) is 15.3. The van der Waals surface area contributed by atoms with E-state index in [0.29, 0.717) is 18.1 Å². The fourth-order valence-electron chi connectivity index (χ4n) is 2.94. The minimum atomic E-state index is -3.07. The highest BCUT2D eigenvalue weighted by Gasteiger charge is 2.40. The third-order valence-corrected chi connectivity index (χ3v) is 6.69. The third kappa shape index (κ3) is 2.24. The van der Waals surface area contributed by atoms with Crippen LogP contribution in [-0.4, -0.2) is 64.6 Å². The molecule has 2 fully saturated rings. The Morgan fingerprint density at radius 2 is 2.09 bits per heavy atom. The molecule has 9 heteroatoms. The predicted octanol–water partition coefficient (Wildman–Crippen LogP) is 0.213.